The first-order chi connectivity index (χ1) is 8.46. The number of hydrogen-bond donors (Lipinski definition) is 1. The van der Waals surface area contributed by atoms with Crippen LogP contribution in [0.25, 0.3) is 11.4 Å². The molecule has 0 unspecified atom stereocenters. The average Bonchev–Trinajstić information content (AvgIpc) is 2.73. The van der Waals surface area contributed by atoms with Crippen LogP contribution in [0, 0.1) is 0 Å². The molecule has 9 nitrogen and oxygen atoms in total. The fourth-order valence-electron chi connectivity index (χ4n) is 1.33. The molecule has 0 atom stereocenters. The number of rotatable bonds is 4. The highest BCUT2D eigenvalue weighted by molar-refractivity contribution is 7.85. The van der Waals surface area contributed by atoms with E-state index in [-0.39, 0.29) is 12.3 Å². The van der Waals surface area contributed by atoms with Crippen LogP contribution in [0.2, 0.25) is 0 Å². The first-order valence-electron chi connectivity index (χ1n) is 4.99. The predicted molar refractivity (Wildman–Crippen MR) is 58.6 cm³/mol. The van der Waals surface area contributed by atoms with Gasteiger partial charge in [0.05, 0.1) is 5.56 Å². The molecule has 18 heavy (non-hydrogen) atoms. The number of tetrazole rings is 1. The molecule has 0 aliphatic heterocycles. The van der Waals surface area contributed by atoms with Crippen molar-refractivity contribution in [3.05, 3.63) is 18.5 Å². The van der Waals surface area contributed by atoms with Crippen molar-refractivity contribution in [1.29, 1.82) is 0 Å². The summed E-state index contributed by atoms with van der Waals surface area (Å²) in [4.78, 5) is 0. The molecule has 96 valence electrons. The molecular weight excluding hydrogens is 260 g/mol. The maximum atomic E-state index is 10.6. The van der Waals surface area contributed by atoms with Crippen LogP contribution in [0.3, 0.4) is 0 Å². The Morgan fingerprint density at radius 2 is 2.28 bits per heavy atom. The van der Waals surface area contributed by atoms with E-state index in [4.69, 9.17) is 4.55 Å². The number of hydrogen-bond acceptors (Lipinski definition) is 6. The molecule has 0 aromatic carbocycles. The van der Waals surface area contributed by atoms with Gasteiger partial charge in [0.2, 0.25) is 0 Å². The number of nitrogens with zero attached hydrogens (tertiary/aromatic N) is 6. The fraction of sp³-hybridized carbons (Fsp3) is 0.375. The van der Waals surface area contributed by atoms with E-state index in [1.54, 1.807) is 19.3 Å². The van der Waals surface area contributed by atoms with E-state index in [1.165, 1.54) is 15.6 Å². The zero-order valence-electron chi connectivity index (χ0n) is 9.50. The molecule has 0 fully saturated rings. The van der Waals surface area contributed by atoms with Crippen LogP contribution < -0.4 is 4.68 Å². The standard InChI is InChI=1S/C8H10N6O3S/c1-13-8(10-11-12-13)7-2-3-14(9-6-7)4-5-18(15,16)17/h2-3,6H,4-5H2,1H3/p+1. The van der Waals surface area contributed by atoms with Crippen LogP contribution in [-0.2, 0) is 23.7 Å². The van der Waals surface area contributed by atoms with E-state index in [0.29, 0.717) is 11.4 Å². The van der Waals surface area contributed by atoms with Crippen LogP contribution in [0.1, 0.15) is 0 Å². The molecule has 0 amide bonds. The second-order valence-electron chi connectivity index (χ2n) is 3.59. The Morgan fingerprint density at radius 3 is 2.78 bits per heavy atom. The van der Waals surface area contributed by atoms with Crippen molar-refractivity contribution < 1.29 is 17.7 Å². The van der Waals surface area contributed by atoms with Crippen molar-refractivity contribution in [2.75, 3.05) is 5.75 Å². The van der Waals surface area contributed by atoms with Crippen molar-refractivity contribution in [2.45, 2.75) is 6.54 Å². The average molecular weight is 271 g/mol. The van der Waals surface area contributed by atoms with Gasteiger partial charge in [0.15, 0.2) is 18.6 Å². The Bertz CT molecular complexity index is 635. The van der Waals surface area contributed by atoms with Crippen molar-refractivity contribution in [3.8, 4) is 11.4 Å². The summed E-state index contributed by atoms with van der Waals surface area (Å²) in [6, 6.07) is 1.71. The molecule has 0 radical (unpaired) electrons. The molecule has 1 N–H and O–H groups in total. The lowest BCUT2D eigenvalue weighted by molar-refractivity contribution is -0.750. The molecule has 2 aromatic rings. The lowest BCUT2D eigenvalue weighted by atomic mass is 10.3. The maximum Gasteiger partial charge on any atom is 0.271 e. The van der Waals surface area contributed by atoms with E-state index in [1.807, 2.05) is 0 Å². The van der Waals surface area contributed by atoms with E-state index in [0.717, 1.165) is 0 Å². The number of aryl methyl sites for hydroxylation is 2. The molecule has 0 saturated carbocycles. The maximum absolute atomic E-state index is 10.6. The number of aromatic nitrogens is 6. The molecule has 2 heterocycles. The van der Waals surface area contributed by atoms with Gasteiger partial charge < -0.3 is 0 Å². The highest BCUT2D eigenvalue weighted by atomic mass is 32.2. The smallest absolute Gasteiger partial charge is 0.271 e. The first kappa shape index (κ1) is 12.5. The van der Waals surface area contributed by atoms with E-state index in [9.17, 15) is 8.42 Å². The van der Waals surface area contributed by atoms with Crippen LogP contribution in [-0.4, -0.2) is 44.0 Å². The highest BCUT2D eigenvalue weighted by Crippen LogP contribution is 2.10. The molecule has 2 rings (SSSR count). The monoisotopic (exact) mass is 271 g/mol. The summed E-state index contributed by atoms with van der Waals surface area (Å²) >= 11 is 0. The molecule has 0 aliphatic carbocycles. The summed E-state index contributed by atoms with van der Waals surface area (Å²) in [6.45, 7) is 0.0795. The lowest BCUT2D eigenvalue weighted by Gasteiger charge is -1.97. The third-order valence-corrected chi connectivity index (χ3v) is 2.93. The van der Waals surface area contributed by atoms with Crippen molar-refractivity contribution in [2.24, 2.45) is 7.05 Å². The third-order valence-electron chi connectivity index (χ3n) is 2.23. The Morgan fingerprint density at radius 1 is 1.50 bits per heavy atom. The molecule has 0 spiro atoms. The second-order valence-corrected chi connectivity index (χ2v) is 5.16. The summed E-state index contributed by atoms with van der Waals surface area (Å²) < 4.78 is 32.7. The zero-order chi connectivity index (χ0) is 13.2. The predicted octanol–water partition coefficient (Wildman–Crippen LogP) is -1.55. The van der Waals surface area contributed by atoms with Crippen LogP contribution in [0.4, 0.5) is 0 Å². The van der Waals surface area contributed by atoms with E-state index >= 15 is 0 Å². The van der Waals surface area contributed by atoms with Crippen LogP contribution >= 0.6 is 0 Å². The van der Waals surface area contributed by atoms with Gasteiger partial charge in [-0.3, -0.25) is 4.55 Å². The van der Waals surface area contributed by atoms with E-state index in [2.05, 4.69) is 20.6 Å². The zero-order valence-corrected chi connectivity index (χ0v) is 10.3. The summed E-state index contributed by atoms with van der Waals surface area (Å²) in [5.41, 5.74) is 0.714. The van der Waals surface area contributed by atoms with E-state index < -0.39 is 10.1 Å². The van der Waals surface area contributed by atoms with Crippen molar-refractivity contribution in [3.63, 3.8) is 0 Å². The molecular formula is C8H11N6O3S+. The normalized spacial score (nSPS) is 11.7. The Kier molecular flexibility index (Phi) is 3.30. The minimum Gasteiger partial charge on any atom is -0.285 e. The Balaban J connectivity index is 2.13. The minimum absolute atomic E-state index is 0.0795. The molecule has 2 aromatic heterocycles. The largest absolute Gasteiger partial charge is 0.285 e. The van der Waals surface area contributed by atoms with Gasteiger partial charge in [0.25, 0.3) is 10.1 Å². The molecule has 0 aliphatic rings. The summed E-state index contributed by atoms with van der Waals surface area (Å²) in [5.74, 6) is 0.180. The summed E-state index contributed by atoms with van der Waals surface area (Å²) in [7, 11) is -2.28. The SMILES string of the molecule is Cn1nnnc1-c1cc[n+](CCS(=O)(=O)O)nc1. The molecule has 0 saturated heterocycles. The van der Waals surface area contributed by atoms with Gasteiger partial charge in [-0.1, -0.05) is 4.68 Å². The van der Waals surface area contributed by atoms with Gasteiger partial charge in [-0.05, 0) is 15.5 Å². The summed E-state index contributed by atoms with van der Waals surface area (Å²) in [5, 5.41) is 15.0. The molecule has 10 heteroatoms. The van der Waals surface area contributed by atoms with Crippen molar-refractivity contribution in [1.82, 2.24) is 25.3 Å². The van der Waals surface area contributed by atoms with Gasteiger partial charge in [-0.15, -0.1) is 5.10 Å². The lowest BCUT2D eigenvalue weighted by Crippen LogP contribution is -2.40. The minimum atomic E-state index is -3.98. The topological polar surface area (TPSA) is 115 Å². The van der Waals surface area contributed by atoms with Crippen LogP contribution in [0.15, 0.2) is 18.5 Å². The Hall–Kier alpha value is -1.94. The van der Waals surface area contributed by atoms with Gasteiger partial charge >= 0.3 is 0 Å². The van der Waals surface area contributed by atoms with Gasteiger partial charge in [0, 0.05) is 13.1 Å². The third kappa shape index (κ3) is 3.05. The van der Waals surface area contributed by atoms with Gasteiger partial charge in [0.1, 0.15) is 11.9 Å². The Labute approximate surface area is 103 Å². The van der Waals surface area contributed by atoms with Gasteiger partial charge in [-0.25, -0.2) is 4.68 Å². The highest BCUT2D eigenvalue weighted by Gasteiger charge is 2.12. The summed E-state index contributed by atoms with van der Waals surface area (Å²) in [6.07, 6.45) is 3.12. The quantitative estimate of drug-likeness (QED) is 0.528. The first-order valence-corrected chi connectivity index (χ1v) is 6.60. The van der Waals surface area contributed by atoms with Crippen LogP contribution in [0.5, 0.6) is 0 Å². The second kappa shape index (κ2) is 4.74. The van der Waals surface area contributed by atoms with Gasteiger partial charge in [-0.2, -0.15) is 8.42 Å². The molecule has 0 bridgehead atoms. The fourth-order valence-corrected chi connectivity index (χ4v) is 1.75. The van der Waals surface area contributed by atoms with Crippen molar-refractivity contribution >= 4 is 10.1 Å².